The molecule has 1 spiro atoms. The van der Waals surface area contributed by atoms with E-state index in [-0.39, 0.29) is 0 Å². The molecule has 2 aromatic rings. The van der Waals surface area contributed by atoms with Gasteiger partial charge in [0.15, 0.2) is 0 Å². The first-order chi connectivity index (χ1) is 19.0. The summed E-state index contributed by atoms with van der Waals surface area (Å²) in [7, 11) is 0. The summed E-state index contributed by atoms with van der Waals surface area (Å²) in [5.74, 6) is 1.97. The Bertz CT molecular complexity index is 1150. The Morgan fingerprint density at radius 3 is 2.03 bits per heavy atom. The molecule has 39 heavy (non-hydrogen) atoms. The van der Waals surface area contributed by atoms with Crippen LogP contribution >= 0.6 is 11.6 Å². The van der Waals surface area contributed by atoms with E-state index in [1.165, 1.54) is 95.1 Å². The number of piperidine rings is 2. The van der Waals surface area contributed by atoms with Gasteiger partial charge in [-0.25, -0.2) is 0 Å². The molecule has 4 nitrogen and oxygen atoms in total. The minimum absolute atomic E-state index is 0.373. The predicted octanol–water partition coefficient (Wildman–Crippen LogP) is 8.28. The number of rotatable bonds is 5. The Morgan fingerprint density at radius 2 is 1.41 bits per heavy atom. The van der Waals surface area contributed by atoms with Crippen molar-refractivity contribution in [3.63, 3.8) is 0 Å². The molecule has 1 atom stereocenters. The van der Waals surface area contributed by atoms with Crippen LogP contribution in [0.3, 0.4) is 0 Å². The summed E-state index contributed by atoms with van der Waals surface area (Å²) in [4.78, 5) is 7.73. The fourth-order valence-corrected chi connectivity index (χ4v) is 8.45. The van der Waals surface area contributed by atoms with E-state index >= 15 is 0 Å². The predicted molar refractivity (Wildman–Crippen MR) is 164 cm³/mol. The van der Waals surface area contributed by atoms with E-state index in [1.807, 2.05) is 12.1 Å². The molecule has 0 amide bonds. The molecule has 4 aliphatic rings. The zero-order valence-electron chi connectivity index (χ0n) is 23.8. The third-order valence-corrected chi connectivity index (χ3v) is 10.9. The lowest BCUT2D eigenvalue weighted by atomic mass is 9.76. The zero-order valence-corrected chi connectivity index (χ0v) is 24.5. The van der Waals surface area contributed by atoms with E-state index in [9.17, 15) is 5.26 Å². The molecule has 5 heteroatoms. The molecular weight excluding hydrogens is 500 g/mol. The average Bonchev–Trinajstić information content (AvgIpc) is 3.29. The van der Waals surface area contributed by atoms with Crippen LogP contribution in [0.1, 0.15) is 83.1 Å². The topological polar surface area (TPSA) is 33.5 Å². The summed E-state index contributed by atoms with van der Waals surface area (Å²) in [6.07, 6.45) is 15.3. The number of halogens is 1. The van der Waals surface area contributed by atoms with Crippen molar-refractivity contribution in [2.45, 2.75) is 83.6 Å². The molecule has 3 saturated heterocycles. The molecule has 0 aromatic heterocycles. The Kier molecular flexibility index (Phi) is 7.99. The second kappa shape index (κ2) is 11.6. The van der Waals surface area contributed by atoms with Crippen LogP contribution in [0.15, 0.2) is 42.5 Å². The Morgan fingerprint density at radius 1 is 0.821 bits per heavy atom. The molecule has 208 valence electrons. The fourth-order valence-electron chi connectivity index (χ4n) is 8.23. The first-order valence-corrected chi connectivity index (χ1v) is 16.0. The van der Waals surface area contributed by atoms with Crippen LogP contribution in [-0.2, 0) is 0 Å². The highest BCUT2D eigenvalue weighted by Crippen LogP contribution is 2.46. The summed E-state index contributed by atoms with van der Waals surface area (Å²) in [5, 5.41) is 9.79. The van der Waals surface area contributed by atoms with Crippen LogP contribution in [0.5, 0.6) is 0 Å². The van der Waals surface area contributed by atoms with Gasteiger partial charge in [-0.3, -0.25) is 0 Å². The van der Waals surface area contributed by atoms with Crippen molar-refractivity contribution in [1.82, 2.24) is 0 Å². The molecule has 6 rings (SSSR count). The Hall–Kier alpha value is -2.38. The summed E-state index contributed by atoms with van der Waals surface area (Å²) in [6.45, 7) is 8.12. The molecule has 0 radical (unpaired) electrons. The lowest BCUT2D eigenvalue weighted by Gasteiger charge is -2.40. The molecule has 0 N–H and O–H groups in total. The summed E-state index contributed by atoms with van der Waals surface area (Å²) in [5.41, 5.74) is 4.87. The molecule has 1 aliphatic carbocycles. The van der Waals surface area contributed by atoms with Crippen molar-refractivity contribution < 1.29 is 0 Å². The lowest BCUT2D eigenvalue weighted by molar-refractivity contribution is 0.245. The van der Waals surface area contributed by atoms with Crippen LogP contribution < -0.4 is 14.7 Å². The monoisotopic (exact) mass is 544 g/mol. The maximum Gasteiger partial charge on any atom is 0.101 e. The van der Waals surface area contributed by atoms with Gasteiger partial charge in [-0.1, -0.05) is 43.7 Å². The molecule has 1 unspecified atom stereocenters. The second-order valence-corrected chi connectivity index (χ2v) is 13.5. The van der Waals surface area contributed by atoms with E-state index in [4.69, 9.17) is 11.6 Å². The maximum absolute atomic E-state index is 9.23. The van der Waals surface area contributed by atoms with Gasteiger partial charge in [0.05, 0.1) is 10.6 Å². The van der Waals surface area contributed by atoms with Gasteiger partial charge < -0.3 is 14.7 Å². The van der Waals surface area contributed by atoms with E-state index < -0.39 is 0 Å². The van der Waals surface area contributed by atoms with Crippen LogP contribution in [0, 0.1) is 28.6 Å². The fraction of sp³-hybridized carbons (Fsp3) is 0.618. The van der Waals surface area contributed by atoms with Gasteiger partial charge in [-0.15, -0.1) is 0 Å². The second-order valence-electron chi connectivity index (χ2n) is 13.1. The van der Waals surface area contributed by atoms with Crippen LogP contribution in [-0.4, -0.2) is 38.8 Å². The van der Waals surface area contributed by atoms with Gasteiger partial charge in [0.2, 0.25) is 0 Å². The number of benzene rings is 2. The van der Waals surface area contributed by atoms with Crippen molar-refractivity contribution in [1.29, 1.82) is 5.26 Å². The van der Waals surface area contributed by atoms with E-state index in [0.29, 0.717) is 22.0 Å². The van der Waals surface area contributed by atoms with Crippen molar-refractivity contribution in [2.24, 2.45) is 17.3 Å². The third kappa shape index (κ3) is 5.90. The lowest BCUT2D eigenvalue weighted by Crippen LogP contribution is -2.41. The molecule has 3 aliphatic heterocycles. The Balaban J connectivity index is 1.00. The van der Waals surface area contributed by atoms with E-state index in [1.54, 1.807) is 0 Å². The van der Waals surface area contributed by atoms with E-state index in [2.05, 4.69) is 58.0 Å². The highest BCUT2D eigenvalue weighted by atomic mass is 35.5. The largest absolute Gasteiger partial charge is 0.372 e. The van der Waals surface area contributed by atoms with Gasteiger partial charge in [0.1, 0.15) is 6.07 Å². The van der Waals surface area contributed by atoms with Crippen molar-refractivity contribution in [2.75, 3.05) is 47.4 Å². The normalized spacial score (nSPS) is 24.3. The van der Waals surface area contributed by atoms with Crippen LogP contribution in [0.2, 0.25) is 5.02 Å². The zero-order chi connectivity index (χ0) is 26.8. The number of nitriles is 1. The van der Waals surface area contributed by atoms with Gasteiger partial charge in [0.25, 0.3) is 0 Å². The number of nitrogens with zero attached hydrogens (tertiary/aromatic N) is 4. The SMILES string of the molecule is CC1CC2(CCN(c3ccc(N4CCC(CC5CCCCC5)CC4)cc3)CC2)CN1c1ccc(C#N)c(Cl)c1. The molecular formula is C34H45ClN4. The highest BCUT2D eigenvalue weighted by molar-refractivity contribution is 6.32. The smallest absolute Gasteiger partial charge is 0.101 e. The highest BCUT2D eigenvalue weighted by Gasteiger charge is 2.44. The molecule has 3 heterocycles. The number of hydrogen-bond donors (Lipinski definition) is 0. The molecule has 1 saturated carbocycles. The number of hydrogen-bond acceptors (Lipinski definition) is 4. The first-order valence-electron chi connectivity index (χ1n) is 15.6. The Labute approximate surface area is 240 Å². The van der Waals surface area contributed by atoms with Crippen LogP contribution in [0.4, 0.5) is 17.1 Å². The van der Waals surface area contributed by atoms with Crippen molar-refractivity contribution >= 4 is 28.7 Å². The standard InChI is InChI=1S/C34H45ClN4/c1-26-23-34(25-39(26)32-8-7-29(24-36)33(35)22-32)15-19-38(20-16-34)31-11-9-30(10-12-31)37-17-13-28(14-18-37)21-27-5-3-2-4-6-27/h7-12,22,26-28H,2-6,13-21,23,25H2,1H3. The summed E-state index contributed by atoms with van der Waals surface area (Å²) >= 11 is 6.36. The van der Waals surface area contributed by atoms with Gasteiger partial charge >= 0.3 is 0 Å². The number of anilines is 3. The van der Waals surface area contributed by atoms with Gasteiger partial charge in [0, 0.05) is 55.8 Å². The minimum atomic E-state index is 0.373. The summed E-state index contributed by atoms with van der Waals surface area (Å²) in [6, 6.07) is 18.0. The van der Waals surface area contributed by atoms with Gasteiger partial charge in [-0.05, 0) is 105 Å². The molecule has 2 aromatic carbocycles. The van der Waals surface area contributed by atoms with Crippen LogP contribution in [0.25, 0.3) is 0 Å². The van der Waals surface area contributed by atoms with Crippen molar-refractivity contribution in [3.05, 3.63) is 53.1 Å². The summed E-state index contributed by atoms with van der Waals surface area (Å²) < 4.78 is 0. The van der Waals surface area contributed by atoms with E-state index in [0.717, 1.165) is 37.2 Å². The van der Waals surface area contributed by atoms with Crippen molar-refractivity contribution in [3.8, 4) is 6.07 Å². The minimum Gasteiger partial charge on any atom is -0.372 e. The molecule has 4 fully saturated rings. The third-order valence-electron chi connectivity index (χ3n) is 10.6. The average molecular weight is 545 g/mol. The maximum atomic E-state index is 9.23. The van der Waals surface area contributed by atoms with Gasteiger partial charge in [-0.2, -0.15) is 5.26 Å². The quantitative estimate of drug-likeness (QED) is 0.379. The molecule has 0 bridgehead atoms. The first kappa shape index (κ1) is 26.8.